The van der Waals surface area contributed by atoms with Gasteiger partial charge in [0.25, 0.3) is 0 Å². The number of benzene rings is 1. The third kappa shape index (κ3) is 4.21. The fraction of sp³-hybridized carbons (Fsp3) is 0.500. The Labute approximate surface area is 112 Å². The number of halogens is 1. The van der Waals surface area contributed by atoms with E-state index in [9.17, 15) is 9.18 Å². The van der Waals surface area contributed by atoms with Crippen molar-refractivity contribution in [2.45, 2.75) is 26.3 Å². The molecule has 0 aliphatic heterocycles. The Kier molecular flexibility index (Phi) is 5.30. The van der Waals surface area contributed by atoms with Crippen LogP contribution in [0.3, 0.4) is 0 Å². The van der Waals surface area contributed by atoms with Gasteiger partial charge in [0, 0.05) is 6.54 Å². The summed E-state index contributed by atoms with van der Waals surface area (Å²) in [4.78, 5) is 13.0. The number of hydrogen-bond acceptors (Lipinski definition) is 3. The largest absolute Gasteiger partial charge is 0.492 e. The highest BCUT2D eigenvalue weighted by Gasteiger charge is 2.33. The van der Waals surface area contributed by atoms with E-state index in [4.69, 9.17) is 9.84 Å². The van der Waals surface area contributed by atoms with Gasteiger partial charge in [0.05, 0.1) is 0 Å². The molecule has 0 amide bonds. The highest BCUT2D eigenvalue weighted by molar-refractivity contribution is 5.77. The molecular weight excluding hydrogens is 249 g/mol. The SMILES string of the molecule is CCN(CCOc1ccc(F)cc1)C(C)(C)C(=O)O. The highest BCUT2D eigenvalue weighted by Crippen LogP contribution is 2.15. The first kappa shape index (κ1) is 15.4. The summed E-state index contributed by atoms with van der Waals surface area (Å²) in [7, 11) is 0. The second-order valence-electron chi connectivity index (χ2n) is 4.75. The quantitative estimate of drug-likeness (QED) is 0.825. The number of nitrogens with zero attached hydrogens (tertiary/aromatic N) is 1. The van der Waals surface area contributed by atoms with E-state index in [1.807, 2.05) is 11.8 Å². The fourth-order valence-corrected chi connectivity index (χ4v) is 1.77. The van der Waals surface area contributed by atoms with Gasteiger partial charge in [0.15, 0.2) is 0 Å². The molecule has 1 N–H and O–H groups in total. The second kappa shape index (κ2) is 6.52. The molecule has 0 radical (unpaired) electrons. The summed E-state index contributed by atoms with van der Waals surface area (Å²) in [5.74, 6) is -0.601. The molecule has 106 valence electrons. The van der Waals surface area contributed by atoms with Crippen LogP contribution in [0.4, 0.5) is 4.39 Å². The molecule has 0 spiro atoms. The van der Waals surface area contributed by atoms with Crippen LogP contribution in [0.15, 0.2) is 24.3 Å². The normalized spacial score (nSPS) is 11.6. The Balaban J connectivity index is 2.50. The molecule has 0 aliphatic carbocycles. The van der Waals surface area contributed by atoms with E-state index in [0.29, 0.717) is 25.4 Å². The summed E-state index contributed by atoms with van der Waals surface area (Å²) in [6.45, 7) is 6.70. The van der Waals surface area contributed by atoms with Gasteiger partial charge in [-0.15, -0.1) is 0 Å². The van der Waals surface area contributed by atoms with Crippen LogP contribution in [0, 0.1) is 5.82 Å². The molecular formula is C14H20FNO3. The maximum absolute atomic E-state index is 12.7. The van der Waals surface area contributed by atoms with Crippen LogP contribution < -0.4 is 4.74 Å². The molecule has 0 aliphatic rings. The lowest BCUT2D eigenvalue weighted by atomic mass is 10.0. The van der Waals surface area contributed by atoms with Gasteiger partial charge in [-0.05, 0) is 44.7 Å². The van der Waals surface area contributed by atoms with Crippen molar-refractivity contribution in [1.29, 1.82) is 0 Å². The lowest BCUT2D eigenvalue weighted by Crippen LogP contribution is -2.51. The number of likely N-dealkylation sites (N-methyl/N-ethyl adjacent to an activating group) is 1. The van der Waals surface area contributed by atoms with Crippen molar-refractivity contribution in [3.05, 3.63) is 30.1 Å². The van der Waals surface area contributed by atoms with Gasteiger partial charge in [0.2, 0.25) is 0 Å². The van der Waals surface area contributed by atoms with Gasteiger partial charge >= 0.3 is 5.97 Å². The average molecular weight is 269 g/mol. The van der Waals surface area contributed by atoms with Crippen molar-refractivity contribution in [2.24, 2.45) is 0 Å². The fourth-order valence-electron chi connectivity index (χ4n) is 1.77. The van der Waals surface area contributed by atoms with Gasteiger partial charge in [-0.3, -0.25) is 9.69 Å². The van der Waals surface area contributed by atoms with E-state index < -0.39 is 11.5 Å². The second-order valence-corrected chi connectivity index (χ2v) is 4.75. The average Bonchev–Trinajstić information content (AvgIpc) is 2.36. The lowest BCUT2D eigenvalue weighted by Gasteiger charge is -2.33. The molecule has 0 unspecified atom stereocenters. The zero-order valence-corrected chi connectivity index (χ0v) is 11.5. The number of ether oxygens (including phenoxy) is 1. The van der Waals surface area contributed by atoms with Crippen LogP contribution in [-0.2, 0) is 4.79 Å². The van der Waals surface area contributed by atoms with Crippen molar-refractivity contribution < 1.29 is 19.0 Å². The number of rotatable bonds is 7. The minimum atomic E-state index is -0.930. The molecule has 0 aromatic heterocycles. The molecule has 0 atom stereocenters. The third-order valence-corrected chi connectivity index (χ3v) is 3.14. The van der Waals surface area contributed by atoms with Gasteiger partial charge in [-0.25, -0.2) is 4.39 Å². The van der Waals surface area contributed by atoms with Crippen LogP contribution in [0.2, 0.25) is 0 Å². The van der Waals surface area contributed by atoms with E-state index >= 15 is 0 Å². The van der Waals surface area contributed by atoms with Crippen molar-refractivity contribution in [3.8, 4) is 5.75 Å². The molecule has 0 saturated carbocycles. The predicted molar refractivity (Wildman–Crippen MR) is 70.9 cm³/mol. The van der Waals surface area contributed by atoms with Gasteiger partial charge in [-0.1, -0.05) is 6.92 Å². The van der Waals surface area contributed by atoms with E-state index in [1.54, 1.807) is 26.0 Å². The maximum atomic E-state index is 12.7. The Morgan fingerprint density at radius 1 is 1.37 bits per heavy atom. The van der Waals surface area contributed by atoms with Crippen LogP contribution in [0.25, 0.3) is 0 Å². The van der Waals surface area contributed by atoms with Crippen molar-refractivity contribution in [3.63, 3.8) is 0 Å². The van der Waals surface area contributed by atoms with Crippen molar-refractivity contribution >= 4 is 5.97 Å². The molecule has 1 rings (SSSR count). The predicted octanol–water partition coefficient (Wildman–Crippen LogP) is 2.39. The van der Waals surface area contributed by atoms with E-state index in [2.05, 4.69) is 0 Å². The summed E-state index contributed by atoms with van der Waals surface area (Å²) in [5.41, 5.74) is -0.930. The van der Waals surface area contributed by atoms with Crippen LogP contribution in [0.1, 0.15) is 20.8 Å². The molecule has 19 heavy (non-hydrogen) atoms. The maximum Gasteiger partial charge on any atom is 0.323 e. The summed E-state index contributed by atoms with van der Waals surface area (Å²) < 4.78 is 18.2. The zero-order valence-electron chi connectivity index (χ0n) is 11.5. The summed E-state index contributed by atoms with van der Waals surface area (Å²) in [6, 6.07) is 5.75. The number of carboxylic acid groups (broad SMARTS) is 1. The summed E-state index contributed by atoms with van der Waals surface area (Å²) >= 11 is 0. The summed E-state index contributed by atoms with van der Waals surface area (Å²) in [5, 5.41) is 9.17. The topological polar surface area (TPSA) is 49.8 Å². The Hall–Kier alpha value is -1.62. The molecule has 0 fully saturated rings. The minimum Gasteiger partial charge on any atom is -0.492 e. The number of carboxylic acids is 1. The molecule has 5 heteroatoms. The molecule has 4 nitrogen and oxygen atoms in total. The molecule has 0 bridgehead atoms. The standard InChI is InChI=1S/C14H20FNO3/c1-4-16(14(2,3)13(17)18)9-10-19-12-7-5-11(15)6-8-12/h5-8H,4,9-10H2,1-3H3,(H,17,18). The van der Waals surface area contributed by atoms with E-state index in [-0.39, 0.29) is 5.82 Å². The van der Waals surface area contributed by atoms with Crippen LogP contribution >= 0.6 is 0 Å². The lowest BCUT2D eigenvalue weighted by molar-refractivity contribution is -0.149. The summed E-state index contributed by atoms with van der Waals surface area (Å²) in [6.07, 6.45) is 0. The zero-order chi connectivity index (χ0) is 14.5. The molecule has 0 saturated heterocycles. The van der Waals surface area contributed by atoms with Crippen molar-refractivity contribution in [1.82, 2.24) is 4.90 Å². The smallest absolute Gasteiger partial charge is 0.323 e. The Morgan fingerprint density at radius 3 is 2.42 bits per heavy atom. The van der Waals surface area contributed by atoms with Gasteiger partial charge in [-0.2, -0.15) is 0 Å². The molecule has 1 aromatic rings. The van der Waals surface area contributed by atoms with Crippen LogP contribution in [0.5, 0.6) is 5.75 Å². The molecule has 0 heterocycles. The number of aliphatic carboxylic acids is 1. The van der Waals surface area contributed by atoms with E-state index in [0.717, 1.165) is 0 Å². The Bertz CT molecular complexity index is 417. The van der Waals surface area contributed by atoms with E-state index in [1.165, 1.54) is 12.1 Å². The number of carbonyl (C=O) groups is 1. The Morgan fingerprint density at radius 2 is 1.95 bits per heavy atom. The van der Waals surface area contributed by atoms with Crippen molar-refractivity contribution in [2.75, 3.05) is 19.7 Å². The first-order chi connectivity index (χ1) is 8.87. The third-order valence-electron chi connectivity index (χ3n) is 3.14. The number of hydrogen-bond donors (Lipinski definition) is 1. The monoisotopic (exact) mass is 269 g/mol. The first-order valence-corrected chi connectivity index (χ1v) is 6.24. The van der Waals surface area contributed by atoms with Gasteiger partial charge in [0.1, 0.15) is 23.7 Å². The van der Waals surface area contributed by atoms with Gasteiger partial charge < -0.3 is 9.84 Å². The highest BCUT2D eigenvalue weighted by atomic mass is 19.1. The van der Waals surface area contributed by atoms with Crippen LogP contribution in [-0.4, -0.2) is 41.2 Å². The first-order valence-electron chi connectivity index (χ1n) is 6.24. The minimum absolute atomic E-state index is 0.311. The molecule has 1 aromatic carbocycles.